The molecule has 0 fully saturated rings. The van der Waals surface area contributed by atoms with E-state index in [4.69, 9.17) is 0 Å². The van der Waals surface area contributed by atoms with Crippen molar-refractivity contribution in [2.45, 2.75) is 10.9 Å². The third-order valence-corrected chi connectivity index (χ3v) is 6.25. The minimum absolute atomic E-state index is 0.663. The monoisotopic (exact) mass is 406 g/mol. The fourth-order valence-corrected chi connectivity index (χ4v) is 4.42. The van der Waals surface area contributed by atoms with Crippen LogP contribution in [0.1, 0.15) is 5.56 Å². The van der Waals surface area contributed by atoms with Gasteiger partial charge in [0.05, 0.1) is 33.9 Å². The van der Waals surface area contributed by atoms with Crippen LogP contribution in [0.4, 0.5) is 0 Å². The fourth-order valence-electron chi connectivity index (χ4n) is 2.40. The van der Waals surface area contributed by atoms with Gasteiger partial charge in [0.1, 0.15) is 10.1 Å². The molecule has 4 rings (SSSR count). The van der Waals surface area contributed by atoms with E-state index in [1.165, 1.54) is 11.3 Å². The number of thiazole rings is 1. The molecule has 0 aliphatic carbocycles. The molecule has 0 bridgehead atoms. The second kappa shape index (κ2) is 5.77. The molecule has 3 aromatic heterocycles. The summed E-state index contributed by atoms with van der Waals surface area (Å²) in [6, 6.07) is 9.93. The van der Waals surface area contributed by atoms with Crippen LogP contribution in [-0.2, 0) is 17.3 Å². The van der Waals surface area contributed by atoms with E-state index in [2.05, 4.69) is 36.9 Å². The molecule has 0 amide bonds. The number of hydrogen-bond donors (Lipinski definition) is 0. The first-order valence-corrected chi connectivity index (χ1v) is 9.97. The first-order chi connectivity index (χ1) is 11.1. The molecule has 116 valence electrons. The molecule has 23 heavy (non-hydrogen) atoms. The zero-order valence-corrected chi connectivity index (χ0v) is 15.3. The maximum Gasteiger partial charge on any atom is 0.181 e. The number of fused-ring (bicyclic) bond motifs is 2. The minimum atomic E-state index is -1.04. The summed E-state index contributed by atoms with van der Waals surface area (Å²) in [5.41, 5.74) is 3.74. The highest BCUT2D eigenvalue weighted by atomic mass is 79.9. The zero-order chi connectivity index (χ0) is 16.0. The largest absolute Gasteiger partial charge is 0.311 e. The molecule has 8 heteroatoms. The average molecular weight is 407 g/mol. The van der Waals surface area contributed by atoms with Gasteiger partial charge in [-0.25, -0.2) is 15.0 Å². The van der Waals surface area contributed by atoms with Gasteiger partial charge in [-0.3, -0.25) is 4.21 Å². The van der Waals surface area contributed by atoms with E-state index < -0.39 is 10.8 Å². The molecule has 0 spiro atoms. The van der Waals surface area contributed by atoms with Crippen LogP contribution < -0.4 is 0 Å². The van der Waals surface area contributed by atoms with Crippen molar-refractivity contribution in [2.24, 2.45) is 0 Å². The van der Waals surface area contributed by atoms with Crippen molar-refractivity contribution >= 4 is 59.4 Å². The smallest absolute Gasteiger partial charge is 0.181 e. The standard InChI is InChI=1S/C15H11BrN4OS2/c1-23(21)15-18-10-3-2-9(6-12(10)22-15)7-20-8-17-11-4-5-13(16)19-14(11)20/h2-6,8H,7H2,1H3. The lowest BCUT2D eigenvalue weighted by molar-refractivity contribution is 0.686. The summed E-state index contributed by atoms with van der Waals surface area (Å²) in [6.07, 6.45) is 3.45. The van der Waals surface area contributed by atoms with Crippen molar-refractivity contribution in [1.29, 1.82) is 0 Å². The topological polar surface area (TPSA) is 60.7 Å². The van der Waals surface area contributed by atoms with E-state index in [9.17, 15) is 4.21 Å². The summed E-state index contributed by atoms with van der Waals surface area (Å²) in [4.78, 5) is 13.3. The molecule has 0 N–H and O–H groups in total. The number of rotatable bonds is 3. The van der Waals surface area contributed by atoms with Crippen molar-refractivity contribution in [1.82, 2.24) is 19.5 Å². The molecule has 0 saturated carbocycles. The molecule has 1 atom stereocenters. The first-order valence-electron chi connectivity index (χ1n) is 6.80. The van der Waals surface area contributed by atoms with Crippen molar-refractivity contribution in [3.05, 3.63) is 46.8 Å². The number of benzene rings is 1. The molecule has 0 aliphatic heterocycles. The van der Waals surface area contributed by atoms with Gasteiger partial charge in [-0.05, 0) is 45.8 Å². The van der Waals surface area contributed by atoms with Gasteiger partial charge in [0.2, 0.25) is 0 Å². The molecule has 4 aromatic rings. The second-order valence-electron chi connectivity index (χ2n) is 5.09. The van der Waals surface area contributed by atoms with Gasteiger partial charge in [-0.15, -0.1) is 11.3 Å². The van der Waals surface area contributed by atoms with Crippen molar-refractivity contribution < 1.29 is 4.21 Å². The van der Waals surface area contributed by atoms with E-state index in [1.807, 2.05) is 28.8 Å². The van der Waals surface area contributed by atoms with Crippen LogP contribution in [0, 0.1) is 0 Å². The summed E-state index contributed by atoms with van der Waals surface area (Å²) in [5, 5.41) is 0. The summed E-state index contributed by atoms with van der Waals surface area (Å²) >= 11 is 4.88. The van der Waals surface area contributed by atoms with Gasteiger partial charge >= 0.3 is 0 Å². The Morgan fingerprint density at radius 2 is 2.04 bits per heavy atom. The predicted octanol–water partition coefficient (Wildman–Crippen LogP) is 3.59. The van der Waals surface area contributed by atoms with Crippen LogP contribution in [0.15, 0.2) is 45.6 Å². The Kier molecular flexibility index (Phi) is 3.74. The predicted molar refractivity (Wildman–Crippen MR) is 96.3 cm³/mol. The maximum atomic E-state index is 11.6. The molecule has 0 radical (unpaired) electrons. The number of pyridine rings is 1. The van der Waals surface area contributed by atoms with E-state index in [1.54, 1.807) is 12.6 Å². The van der Waals surface area contributed by atoms with Crippen molar-refractivity contribution in [3.8, 4) is 0 Å². The van der Waals surface area contributed by atoms with Crippen molar-refractivity contribution in [3.63, 3.8) is 0 Å². The Morgan fingerprint density at radius 3 is 2.87 bits per heavy atom. The lowest BCUT2D eigenvalue weighted by Crippen LogP contribution is -1.99. The van der Waals surface area contributed by atoms with Gasteiger partial charge in [0.15, 0.2) is 9.99 Å². The summed E-state index contributed by atoms with van der Waals surface area (Å²) in [7, 11) is -1.04. The SMILES string of the molecule is CS(=O)c1nc2ccc(Cn3cnc4ccc(Br)nc43)cc2s1. The van der Waals surface area contributed by atoms with E-state index in [0.717, 1.165) is 31.5 Å². The molecule has 5 nitrogen and oxygen atoms in total. The first kappa shape index (κ1) is 14.9. The second-order valence-corrected chi connectivity index (χ2v) is 8.48. The molecule has 3 heterocycles. The van der Waals surface area contributed by atoms with Crippen LogP contribution >= 0.6 is 27.3 Å². The number of nitrogens with zero attached hydrogens (tertiary/aromatic N) is 4. The van der Waals surface area contributed by atoms with E-state index in [-0.39, 0.29) is 0 Å². The van der Waals surface area contributed by atoms with Gasteiger partial charge in [-0.2, -0.15) is 0 Å². The number of imidazole rings is 1. The lowest BCUT2D eigenvalue weighted by atomic mass is 10.2. The van der Waals surface area contributed by atoms with Crippen LogP contribution in [0.3, 0.4) is 0 Å². The third kappa shape index (κ3) is 2.82. The zero-order valence-electron chi connectivity index (χ0n) is 12.1. The Bertz CT molecular complexity index is 1060. The average Bonchev–Trinajstić information content (AvgIpc) is 3.11. The Balaban J connectivity index is 1.73. The summed E-state index contributed by atoms with van der Waals surface area (Å²) < 4.78 is 16.1. The molecule has 0 aliphatic rings. The highest BCUT2D eigenvalue weighted by molar-refractivity contribution is 9.10. The normalized spacial score (nSPS) is 13.0. The molecule has 1 aromatic carbocycles. The Morgan fingerprint density at radius 1 is 1.22 bits per heavy atom. The molecule has 0 saturated heterocycles. The van der Waals surface area contributed by atoms with E-state index in [0.29, 0.717) is 10.9 Å². The van der Waals surface area contributed by atoms with E-state index >= 15 is 0 Å². The summed E-state index contributed by atoms with van der Waals surface area (Å²) in [5.74, 6) is 0. The number of halogens is 1. The van der Waals surface area contributed by atoms with Gasteiger partial charge < -0.3 is 4.57 Å². The van der Waals surface area contributed by atoms with Crippen molar-refractivity contribution in [2.75, 3.05) is 6.26 Å². The molecular weight excluding hydrogens is 396 g/mol. The number of hydrogen-bond acceptors (Lipinski definition) is 5. The Hall–Kier alpha value is -1.64. The highest BCUT2D eigenvalue weighted by Crippen LogP contribution is 2.26. The number of aromatic nitrogens is 4. The fraction of sp³-hybridized carbons (Fsp3) is 0.133. The maximum absolute atomic E-state index is 11.6. The van der Waals surface area contributed by atoms with Crippen LogP contribution in [0.2, 0.25) is 0 Å². The van der Waals surface area contributed by atoms with Gasteiger partial charge in [-0.1, -0.05) is 6.07 Å². The van der Waals surface area contributed by atoms with Crippen LogP contribution in [0.25, 0.3) is 21.4 Å². The van der Waals surface area contributed by atoms with Gasteiger partial charge in [0.25, 0.3) is 0 Å². The van der Waals surface area contributed by atoms with Gasteiger partial charge in [0, 0.05) is 6.26 Å². The minimum Gasteiger partial charge on any atom is -0.311 e. The quantitative estimate of drug-likeness (QED) is 0.487. The highest BCUT2D eigenvalue weighted by Gasteiger charge is 2.09. The molecular formula is C15H11BrN4OS2. The third-order valence-electron chi connectivity index (χ3n) is 3.46. The van der Waals surface area contributed by atoms with Crippen LogP contribution in [0.5, 0.6) is 0 Å². The molecule has 1 unspecified atom stereocenters. The Labute approximate surface area is 147 Å². The lowest BCUT2D eigenvalue weighted by Gasteiger charge is -2.04. The summed E-state index contributed by atoms with van der Waals surface area (Å²) in [6.45, 7) is 0.679. The van der Waals surface area contributed by atoms with Crippen LogP contribution in [-0.4, -0.2) is 30.0 Å².